The summed E-state index contributed by atoms with van der Waals surface area (Å²) in [6, 6.07) is 7.46. The molecule has 0 unspecified atom stereocenters. The zero-order valence-electron chi connectivity index (χ0n) is 14.3. The highest BCUT2D eigenvalue weighted by Crippen LogP contribution is 2.52. The first-order valence-corrected chi connectivity index (χ1v) is 8.34. The second kappa shape index (κ2) is 6.04. The van der Waals surface area contributed by atoms with Crippen LogP contribution in [0.15, 0.2) is 24.3 Å². The van der Waals surface area contributed by atoms with Gasteiger partial charge in [-0.3, -0.25) is 0 Å². The zero-order chi connectivity index (χ0) is 16.6. The lowest BCUT2D eigenvalue weighted by molar-refractivity contribution is -0.107. The molecule has 0 spiro atoms. The molecule has 2 aliphatic rings. The molecule has 23 heavy (non-hydrogen) atoms. The van der Waals surface area contributed by atoms with Crippen LogP contribution in [-0.4, -0.2) is 30.9 Å². The van der Waals surface area contributed by atoms with E-state index in [9.17, 15) is 4.79 Å². The Bertz CT molecular complexity index is 585. The summed E-state index contributed by atoms with van der Waals surface area (Å²) in [5, 5.41) is 6.04. The first kappa shape index (κ1) is 16.1. The summed E-state index contributed by atoms with van der Waals surface area (Å²) in [4.78, 5) is 12.4. The van der Waals surface area contributed by atoms with Gasteiger partial charge < -0.3 is 20.1 Å². The fourth-order valence-electron chi connectivity index (χ4n) is 3.84. The molecule has 1 aromatic carbocycles. The minimum Gasteiger partial charge on any atom is -0.489 e. The van der Waals surface area contributed by atoms with Crippen molar-refractivity contribution in [3.63, 3.8) is 0 Å². The molecule has 0 bridgehead atoms. The van der Waals surface area contributed by atoms with E-state index in [1.54, 1.807) is 0 Å². The Hall–Kier alpha value is -1.75. The number of para-hydroxylation sites is 2. The Morgan fingerprint density at radius 1 is 1.35 bits per heavy atom. The summed E-state index contributed by atoms with van der Waals surface area (Å²) in [6.45, 7) is 9.03. The number of amides is 2. The molecule has 0 aromatic heterocycles. The van der Waals surface area contributed by atoms with Gasteiger partial charge in [0.15, 0.2) is 0 Å². The molecule has 0 radical (unpaired) electrons. The predicted molar refractivity (Wildman–Crippen MR) is 89.8 cm³/mol. The Morgan fingerprint density at radius 3 is 2.83 bits per heavy atom. The van der Waals surface area contributed by atoms with Crippen LogP contribution in [0.5, 0.6) is 5.75 Å². The molecule has 1 saturated carbocycles. The Balaban J connectivity index is 1.64. The number of carbonyl (C=O) groups excluding carboxylic acids is 1. The molecule has 3 atom stereocenters. The fourth-order valence-corrected chi connectivity index (χ4v) is 3.84. The summed E-state index contributed by atoms with van der Waals surface area (Å²) in [5.74, 6) is 1.12. The Kier molecular flexibility index (Phi) is 4.23. The average Bonchev–Trinajstić information content (AvgIpc) is 2.93. The molecular weight excluding hydrogens is 292 g/mol. The van der Waals surface area contributed by atoms with Gasteiger partial charge in [-0.05, 0) is 32.4 Å². The molecule has 5 heteroatoms. The van der Waals surface area contributed by atoms with Crippen molar-refractivity contribution < 1.29 is 14.3 Å². The van der Waals surface area contributed by atoms with Gasteiger partial charge in [-0.1, -0.05) is 26.0 Å². The number of ether oxygens (including phenoxy) is 2. The number of hydrogen-bond donors (Lipinski definition) is 2. The van der Waals surface area contributed by atoms with E-state index in [0.717, 1.165) is 13.0 Å². The van der Waals surface area contributed by atoms with Crippen LogP contribution >= 0.6 is 0 Å². The van der Waals surface area contributed by atoms with Gasteiger partial charge in [-0.25, -0.2) is 4.79 Å². The van der Waals surface area contributed by atoms with E-state index in [1.807, 2.05) is 38.1 Å². The second-order valence-electron chi connectivity index (χ2n) is 7.30. The quantitative estimate of drug-likeness (QED) is 0.894. The van der Waals surface area contributed by atoms with E-state index >= 15 is 0 Å². The normalized spacial score (nSPS) is 28.0. The molecule has 2 amide bonds. The number of nitrogens with one attached hydrogen (secondary N) is 2. The van der Waals surface area contributed by atoms with Crippen LogP contribution < -0.4 is 15.4 Å². The van der Waals surface area contributed by atoms with Crippen LogP contribution in [0.2, 0.25) is 0 Å². The third kappa shape index (κ3) is 3.02. The van der Waals surface area contributed by atoms with Crippen molar-refractivity contribution in [2.75, 3.05) is 11.9 Å². The van der Waals surface area contributed by atoms with Gasteiger partial charge in [-0.2, -0.15) is 0 Å². The Morgan fingerprint density at radius 2 is 2.09 bits per heavy atom. The molecule has 1 saturated heterocycles. The highest BCUT2D eigenvalue weighted by Gasteiger charge is 2.59. The number of carbonyl (C=O) groups is 1. The van der Waals surface area contributed by atoms with E-state index in [-0.39, 0.29) is 29.7 Å². The monoisotopic (exact) mass is 318 g/mol. The lowest BCUT2D eigenvalue weighted by Crippen LogP contribution is -2.67. The number of rotatable bonds is 4. The molecule has 1 heterocycles. The SMILES string of the molecule is CC(C)Oc1ccccc1NC(=O)N[C@@H]1[C@H]2CCO[C@H]2C1(C)C. The smallest absolute Gasteiger partial charge is 0.319 e. The third-order valence-electron chi connectivity index (χ3n) is 4.89. The summed E-state index contributed by atoms with van der Waals surface area (Å²) < 4.78 is 11.5. The van der Waals surface area contributed by atoms with E-state index in [2.05, 4.69) is 24.5 Å². The highest BCUT2D eigenvalue weighted by atomic mass is 16.5. The number of hydrogen-bond acceptors (Lipinski definition) is 3. The zero-order valence-corrected chi connectivity index (χ0v) is 14.3. The molecule has 3 rings (SSSR count). The van der Waals surface area contributed by atoms with E-state index in [0.29, 0.717) is 17.4 Å². The minimum absolute atomic E-state index is 0.0214. The summed E-state index contributed by atoms with van der Waals surface area (Å²) >= 11 is 0. The Labute approximate surface area is 137 Å². The van der Waals surface area contributed by atoms with Crippen LogP contribution in [0, 0.1) is 11.3 Å². The summed E-state index contributed by atoms with van der Waals surface area (Å²) in [6.07, 6.45) is 1.35. The fraction of sp³-hybridized carbons (Fsp3) is 0.611. The standard InChI is InChI=1S/C18H26N2O3/c1-11(2)23-14-8-6-5-7-13(14)19-17(21)20-15-12-9-10-22-16(12)18(15,3)4/h5-8,11-12,15-16H,9-10H2,1-4H3,(H2,19,20,21)/t12-,15-,16-/m1/s1. The van der Waals surface area contributed by atoms with Gasteiger partial charge in [0.25, 0.3) is 0 Å². The van der Waals surface area contributed by atoms with Gasteiger partial charge in [0, 0.05) is 24.0 Å². The van der Waals surface area contributed by atoms with E-state index in [4.69, 9.17) is 9.47 Å². The van der Waals surface area contributed by atoms with Crippen molar-refractivity contribution in [1.82, 2.24) is 5.32 Å². The lowest BCUT2D eigenvalue weighted by Gasteiger charge is -2.54. The first-order chi connectivity index (χ1) is 10.9. The molecular formula is C18H26N2O3. The number of benzene rings is 1. The molecule has 1 aromatic rings. The minimum atomic E-state index is -0.187. The number of fused-ring (bicyclic) bond motifs is 1. The van der Waals surface area contributed by atoms with Gasteiger partial charge >= 0.3 is 6.03 Å². The van der Waals surface area contributed by atoms with Crippen molar-refractivity contribution in [3.05, 3.63) is 24.3 Å². The maximum atomic E-state index is 12.4. The van der Waals surface area contributed by atoms with Gasteiger partial charge in [0.1, 0.15) is 5.75 Å². The highest BCUT2D eigenvalue weighted by molar-refractivity contribution is 5.91. The maximum Gasteiger partial charge on any atom is 0.319 e. The van der Waals surface area contributed by atoms with E-state index in [1.165, 1.54) is 0 Å². The molecule has 2 fully saturated rings. The van der Waals surface area contributed by atoms with Crippen molar-refractivity contribution in [2.45, 2.75) is 52.4 Å². The van der Waals surface area contributed by atoms with Crippen molar-refractivity contribution >= 4 is 11.7 Å². The van der Waals surface area contributed by atoms with Gasteiger partial charge in [0.2, 0.25) is 0 Å². The largest absolute Gasteiger partial charge is 0.489 e. The van der Waals surface area contributed by atoms with Gasteiger partial charge in [-0.15, -0.1) is 0 Å². The second-order valence-corrected chi connectivity index (χ2v) is 7.30. The van der Waals surface area contributed by atoms with Gasteiger partial charge in [0.05, 0.1) is 17.9 Å². The maximum absolute atomic E-state index is 12.4. The molecule has 5 nitrogen and oxygen atoms in total. The number of anilines is 1. The lowest BCUT2D eigenvalue weighted by atomic mass is 9.57. The van der Waals surface area contributed by atoms with Crippen LogP contribution in [0.3, 0.4) is 0 Å². The van der Waals surface area contributed by atoms with Crippen LogP contribution in [0.1, 0.15) is 34.1 Å². The van der Waals surface area contributed by atoms with Crippen LogP contribution in [-0.2, 0) is 4.74 Å². The van der Waals surface area contributed by atoms with Crippen molar-refractivity contribution in [1.29, 1.82) is 0 Å². The third-order valence-corrected chi connectivity index (χ3v) is 4.89. The summed E-state index contributed by atoms with van der Waals surface area (Å²) in [7, 11) is 0. The van der Waals surface area contributed by atoms with Crippen molar-refractivity contribution in [2.24, 2.45) is 11.3 Å². The molecule has 1 aliphatic carbocycles. The molecule has 1 aliphatic heterocycles. The number of urea groups is 1. The average molecular weight is 318 g/mol. The topological polar surface area (TPSA) is 59.6 Å². The van der Waals surface area contributed by atoms with E-state index < -0.39 is 0 Å². The van der Waals surface area contributed by atoms with Crippen LogP contribution in [0.4, 0.5) is 10.5 Å². The summed E-state index contributed by atoms with van der Waals surface area (Å²) in [5.41, 5.74) is 0.668. The predicted octanol–water partition coefficient (Wildman–Crippen LogP) is 3.41. The van der Waals surface area contributed by atoms with Crippen LogP contribution in [0.25, 0.3) is 0 Å². The molecule has 2 N–H and O–H groups in total. The molecule has 126 valence electrons. The van der Waals surface area contributed by atoms with Crippen molar-refractivity contribution in [3.8, 4) is 5.75 Å². The first-order valence-electron chi connectivity index (χ1n) is 8.34.